The minimum atomic E-state index is 0.0369. The van der Waals surface area contributed by atoms with Crippen LogP contribution in [0.15, 0.2) is 35.4 Å². The molecule has 0 radical (unpaired) electrons. The lowest BCUT2D eigenvalue weighted by Crippen LogP contribution is -2.26. The highest BCUT2D eigenvalue weighted by Gasteiger charge is 2.19. The second-order valence-corrected chi connectivity index (χ2v) is 7.62. The van der Waals surface area contributed by atoms with E-state index in [1.54, 1.807) is 7.11 Å². The zero-order valence-electron chi connectivity index (χ0n) is 16.8. The number of benzene rings is 1. The van der Waals surface area contributed by atoms with Gasteiger partial charge in [-0.2, -0.15) is 5.10 Å². The van der Waals surface area contributed by atoms with E-state index in [-0.39, 0.29) is 5.91 Å². The molecule has 0 bridgehead atoms. The number of hydrogen-bond donors (Lipinski definition) is 1. The first-order chi connectivity index (χ1) is 13.5. The Morgan fingerprint density at radius 1 is 1.29 bits per heavy atom. The number of ether oxygens (including phenoxy) is 1. The number of fused-ring (bicyclic) bond motifs is 1. The molecule has 0 atom stereocenters. The summed E-state index contributed by atoms with van der Waals surface area (Å²) in [7, 11) is 1.66. The summed E-state index contributed by atoms with van der Waals surface area (Å²) in [6.07, 6.45) is 2.06. The van der Waals surface area contributed by atoms with Crippen LogP contribution >= 0.6 is 11.8 Å². The molecule has 6 nitrogen and oxygen atoms in total. The van der Waals surface area contributed by atoms with E-state index in [4.69, 9.17) is 14.8 Å². The van der Waals surface area contributed by atoms with Crippen molar-refractivity contribution in [2.75, 3.05) is 19.4 Å². The highest BCUT2D eigenvalue weighted by atomic mass is 32.2. The number of para-hydroxylation sites is 1. The topological polar surface area (TPSA) is 68.5 Å². The van der Waals surface area contributed by atoms with E-state index in [2.05, 4.69) is 12.2 Å². The lowest BCUT2D eigenvalue weighted by Gasteiger charge is -2.09. The van der Waals surface area contributed by atoms with Crippen molar-refractivity contribution in [1.82, 2.24) is 19.9 Å². The maximum atomic E-state index is 12.1. The molecule has 3 aromatic rings. The predicted molar refractivity (Wildman–Crippen MR) is 113 cm³/mol. The third-order valence-corrected chi connectivity index (χ3v) is 5.43. The van der Waals surface area contributed by atoms with Gasteiger partial charge in [0.25, 0.3) is 0 Å². The molecule has 3 rings (SSSR count). The molecule has 0 fully saturated rings. The molecule has 0 spiro atoms. The zero-order chi connectivity index (χ0) is 20.1. The highest BCUT2D eigenvalue weighted by Crippen LogP contribution is 2.35. The number of amides is 1. The molecule has 0 aliphatic rings. The number of carbonyl (C=O) groups excluding carboxylic acids is 1. The van der Waals surface area contributed by atoms with Crippen LogP contribution in [0.25, 0.3) is 16.8 Å². The van der Waals surface area contributed by atoms with Crippen LogP contribution in [0.3, 0.4) is 0 Å². The maximum Gasteiger partial charge on any atom is 0.230 e. The molecule has 148 valence electrons. The number of aryl methyl sites for hydroxylation is 2. The van der Waals surface area contributed by atoms with Crippen molar-refractivity contribution >= 4 is 23.3 Å². The normalized spacial score (nSPS) is 11.0. The van der Waals surface area contributed by atoms with Crippen molar-refractivity contribution in [2.24, 2.45) is 0 Å². The number of thioether (sulfide) groups is 1. The van der Waals surface area contributed by atoms with Crippen LogP contribution in [0.5, 0.6) is 5.75 Å². The molecule has 0 aliphatic heterocycles. The molecule has 1 aromatic carbocycles. The number of carbonyl (C=O) groups is 1. The molecule has 1 N–H and O–H groups in total. The van der Waals surface area contributed by atoms with Gasteiger partial charge >= 0.3 is 0 Å². The molecular weight excluding hydrogens is 372 g/mol. The van der Waals surface area contributed by atoms with Gasteiger partial charge in [-0.05, 0) is 32.4 Å². The third-order valence-electron chi connectivity index (χ3n) is 4.44. The highest BCUT2D eigenvalue weighted by molar-refractivity contribution is 7.99. The Kier molecular flexibility index (Phi) is 6.57. The average Bonchev–Trinajstić information content (AvgIpc) is 3.01. The first-order valence-electron chi connectivity index (χ1n) is 9.45. The Labute approximate surface area is 169 Å². The molecule has 0 saturated carbocycles. The molecule has 0 saturated heterocycles. The van der Waals surface area contributed by atoms with Crippen molar-refractivity contribution in [1.29, 1.82) is 0 Å². The molecule has 2 aromatic heterocycles. The minimum Gasteiger partial charge on any atom is -0.496 e. The van der Waals surface area contributed by atoms with Crippen molar-refractivity contribution < 1.29 is 9.53 Å². The maximum absolute atomic E-state index is 12.1. The standard InChI is InChI=1S/C21H26N4O2S/c1-5-6-11-22-18(26)13-28-19-12-14(2)23-21-20(15(3)24-25(19)21)16-9-7-8-10-17(16)27-4/h7-10,12H,5-6,11,13H2,1-4H3,(H,22,26). The number of hydrogen-bond acceptors (Lipinski definition) is 5. The van der Waals surface area contributed by atoms with Gasteiger partial charge in [-0.1, -0.05) is 43.3 Å². The minimum absolute atomic E-state index is 0.0369. The summed E-state index contributed by atoms with van der Waals surface area (Å²) in [5.41, 5.74) is 4.45. The lowest BCUT2D eigenvalue weighted by molar-refractivity contribution is -0.118. The van der Waals surface area contributed by atoms with Crippen molar-refractivity contribution in [3.63, 3.8) is 0 Å². The number of methoxy groups -OCH3 is 1. The van der Waals surface area contributed by atoms with E-state index < -0.39 is 0 Å². The smallest absolute Gasteiger partial charge is 0.230 e. The summed E-state index contributed by atoms with van der Waals surface area (Å²) >= 11 is 1.47. The van der Waals surface area contributed by atoms with Crippen molar-refractivity contribution in [3.8, 4) is 16.9 Å². The fourth-order valence-electron chi connectivity index (χ4n) is 3.08. The summed E-state index contributed by atoms with van der Waals surface area (Å²) in [4.78, 5) is 16.8. The second kappa shape index (κ2) is 9.10. The van der Waals surface area contributed by atoms with Gasteiger partial charge in [0, 0.05) is 17.8 Å². The van der Waals surface area contributed by atoms with Crippen molar-refractivity contribution in [3.05, 3.63) is 41.7 Å². The van der Waals surface area contributed by atoms with Crippen LogP contribution in [0.1, 0.15) is 31.2 Å². The van der Waals surface area contributed by atoms with E-state index >= 15 is 0 Å². The fourth-order valence-corrected chi connectivity index (χ4v) is 3.96. The van der Waals surface area contributed by atoms with Crippen LogP contribution in [0.2, 0.25) is 0 Å². The summed E-state index contributed by atoms with van der Waals surface area (Å²) < 4.78 is 7.36. The van der Waals surface area contributed by atoms with Gasteiger partial charge in [-0.25, -0.2) is 9.50 Å². The zero-order valence-corrected chi connectivity index (χ0v) is 17.6. The van der Waals surface area contributed by atoms with Crippen LogP contribution in [-0.4, -0.2) is 39.9 Å². The monoisotopic (exact) mass is 398 g/mol. The number of aromatic nitrogens is 3. The SMILES string of the molecule is CCCCNC(=O)CSc1cc(C)nc2c(-c3ccccc3OC)c(C)nn12. The summed E-state index contributed by atoms with van der Waals surface area (Å²) in [5.74, 6) is 1.17. The summed E-state index contributed by atoms with van der Waals surface area (Å²) in [5, 5.41) is 8.56. The van der Waals surface area contributed by atoms with E-state index in [1.807, 2.05) is 48.7 Å². The second-order valence-electron chi connectivity index (χ2n) is 6.62. The Morgan fingerprint density at radius 2 is 2.07 bits per heavy atom. The summed E-state index contributed by atoms with van der Waals surface area (Å²) in [6.45, 7) is 6.76. The van der Waals surface area contributed by atoms with Crippen molar-refractivity contribution in [2.45, 2.75) is 38.6 Å². The quantitative estimate of drug-likeness (QED) is 0.352. The first-order valence-corrected chi connectivity index (χ1v) is 10.4. The molecule has 1 amide bonds. The van der Waals surface area contributed by atoms with Gasteiger partial charge < -0.3 is 10.1 Å². The fraction of sp³-hybridized carbons (Fsp3) is 0.381. The molecule has 28 heavy (non-hydrogen) atoms. The largest absolute Gasteiger partial charge is 0.496 e. The number of unbranched alkanes of at least 4 members (excludes halogenated alkanes) is 1. The van der Waals surface area contributed by atoms with Gasteiger partial charge in [0.1, 0.15) is 10.8 Å². The van der Waals surface area contributed by atoms with Gasteiger partial charge in [0.2, 0.25) is 5.91 Å². The van der Waals surface area contributed by atoms with E-state index in [1.165, 1.54) is 11.8 Å². The average molecular weight is 399 g/mol. The Hall–Kier alpha value is -2.54. The van der Waals surface area contributed by atoms with Gasteiger partial charge in [-0.3, -0.25) is 4.79 Å². The molecule has 0 aliphatic carbocycles. The number of nitrogens with zero attached hydrogens (tertiary/aromatic N) is 3. The van der Waals surface area contributed by atoms with Gasteiger partial charge in [0.05, 0.1) is 24.1 Å². The van der Waals surface area contributed by atoms with E-state index in [9.17, 15) is 4.79 Å². The molecule has 2 heterocycles. The Morgan fingerprint density at radius 3 is 2.82 bits per heavy atom. The van der Waals surface area contributed by atoms with E-state index in [0.29, 0.717) is 5.75 Å². The third kappa shape index (κ3) is 4.30. The predicted octanol–water partition coefficient (Wildman–Crippen LogP) is 4.03. The molecule has 0 unspecified atom stereocenters. The van der Waals surface area contributed by atoms with Crippen LogP contribution in [0, 0.1) is 13.8 Å². The van der Waals surface area contributed by atoms with Crippen LogP contribution < -0.4 is 10.1 Å². The lowest BCUT2D eigenvalue weighted by atomic mass is 10.1. The molecule has 7 heteroatoms. The van der Waals surface area contributed by atoms with Gasteiger partial charge in [0.15, 0.2) is 5.65 Å². The van der Waals surface area contributed by atoms with Crippen LogP contribution in [-0.2, 0) is 4.79 Å². The van der Waals surface area contributed by atoms with Crippen LogP contribution in [0.4, 0.5) is 0 Å². The van der Waals surface area contributed by atoms with E-state index in [0.717, 1.165) is 58.3 Å². The summed E-state index contributed by atoms with van der Waals surface area (Å²) in [6, 6.07) is 9.84. The van der Waals surface area contributed by atoms with Gasteiger partial charge in [-0.15, -0.1) is 0 Å². The molecular formula is C21H26N4O2S. The number of rotatable bonds is 8. The Bertz CT molecular complexity index is 984. The number of nitrogens with one attached hydrogen (secondary N) is 1. The Balaban J connectivity index is 1.95. The first kappa shape index (κ1) is 20.2.